The molecule has 100 valence electrons. The molecule has 0 spiro atoms. The number of para-hydroxylation sites is 1. The molecule has 0 saturated carbocycles. The summed E-state index contributed by atoms with van der Waals surface area (Å²) in [6.07, 6.45) is 0. The molecule has 4 aromatic rings. The Morgan fingerprint density at radius 1 is 0.667 bits per heavy atom. The Kier molecular flexibility index (Phi) is 2.90. The predicted octanol–water partition coefficient (Wildman–Crippen LogP) is 5.34. The van der Waals surface area contributed by atoms with Crippen molar-refractivity contribution in [3.63, 3.8) is 0 Å². The maximum atomic E-state index is 4.77. The highest BCUT2D eigenvalue weighted by Crippen LogP contribution is 2.35. The number of benzene rings is 3. The number of pyridine rings is 1. The Bertz CT molecular complexity index is 945. The van der Waals surface area contributed by atoms with Gasteiger partial charge in [-0.15, -0.1) is 12.6 Å². The number of rotatable bonds is 1. The van der Waals surface area contributed by atoms with E-state index in [0.717, 1.165) is 21.3 Å². The van der Waals surface area contributed by atoms with Gasteiger partial charge in [-0.3, -0.25) is 0 Å². The molecule has 0 radical (unpaired) electrons. The summed E-state index contributed by atoms with van der Waals surface area (Å²) < 4.78 is 0. The van der Waals surface area contributed by atoms with E-state index in [4.69, 9.17) is 4.98 Å². The fraction of sp³-hybridized carbons (Fsp3) is 0. The maximum absolute atomic E-state index is 4.77. The molecule has 0 atom stereocenters. The summed E-state index contributed by atoms with van der Waals surface area (Å²) in [5.74, 6) is 0. The summed E-state index contributed by atoms with van der Waals surface area (Å²) in [6, 6.07) is 24.9. The highest BCUT2D eigenvalue weighted by atomic mass is 32.1. The van der Waals surface area contributed by atoms with Gasteiger partial charge in [-0.05, 0) is 29.8 Å². The van der Waals surface area contributed by atoms with Gasteiger partial charge < -0.3 is 0 Å². The highest BCUT2D eigenvalue weighted by molar-refractivity contribution is 7.80. The van der Waals surface area contributed by atoms with E-state index in [1.807, 2.05) is 24.3 Å². The zero-order chi connectivity index (χ0) is 14.2. The minimum absolute atomic E-state index is 0.955. The fourth-order valence-corrected chi connectivity index (χ4v) is 3.00. The van der Waals surface area contributed by atoms with Gasteiger partial charge in [0.25, 0.3) is 0 Å². The van der Waals surface area contributed by atoms with Crippen molar-refractivity contribution in [2.24, 2.45) is 0 Å². The quantitative estimate of drug-likeness (QED) is 0.368. The second kappa shape index (κ2) is 4.90. The molecule has 0 bridgehead atoms. The molecular formula is C19H13NS. The third-order valence-corrected chi connectivity index (χ3v) is 4.00. The van der Waals surface area contributed by atoms with E-state index < -0.39 is 0 Å². The lowest BCUT2D eigenvalue weighted by Gasteiger charge is -2.11. The van der Waals surface area contributed by atoms with Crippen molar-refractivity contribution in [2.45, 2.75) is 4.90 Å². The van der Waals surface area contributed by atoms with Crippen LogP contribution >= 0.6 is 12.6 Å². The first-order valence-corrected chi connectivity index (χ1v) is 7.34. The Hall–Kier alpha value is -2.32. The first-order chi connectivity index (χ1) is 10.3. The average molecular weight is 287 g/mol. The molecule has 0 amide bonds. The lowest BCUT2D eigenvalue weighted by molar-refractivity contribution is 1.45. The molecular weight excluding hydrogens is 274 g/mol. The second-order valence-corrected chi connectivity index (χ2v) is 5.59. The van der Waals surface area contributed by atoms with E-state index in [0.29, 0.717) is 0 Å². The van der Waals surface area contributed by atoms with Crippen LogP contribution in [0.2, 0.25) is 0 Å². The lowest BCUT2D eigenvalue weighted by atomic mass is 9.96. The molecule has 1 aromatic heterocycles. The van der Waals surface area contributed by atoms with Crippen molar-refractivity contribution < 1.29 is 0 Å². The Morgan fingerprint density at radius 2 is 1.38 bits per heavy atom. The third kappa shape index (κ3) is 2.08. The zero-order valence-corrected chi connectivity index (χ0v) is 12.2. The van der Waals surface area contributed by atoms with Gasteiger partial charge in [0.15, 0.2) is 0 Å². The number of hydrogen-bond acceptors (Lipinski definition) is 2. The third-order valence-electron chi connectivity index (χ3n) is 3.73. The van der Waals surface area contributed by atoms with Crippen LogP contribution in [0.5, 0.6) is 0 Å². The molecule has 1 heterocycles. The van der Waals surface area contributed by atoms with Crippen molar-refractivity contribution in [3.8, 4) is 11.1 Å². The van der Waals surface area contributed by atoms with Crippen LogP contribution in [0.3, 0.4) is 0 Å². The molecule has 0 aliphatic carbocycles. The average Bonchev–Trinajstić information content (AvgIpc) is 2.53. The second-order valence-electron chi connectivity index (χ2n) is 5.07. The van der Waals surface area contributed by atoms with Crippen LogP contribution in [0, 0.1) is 0 Å². The zero-order valence-electron chi connectivity index (χ0n) is 11.3. The minimum atomic E-state index is 0.955. The van der Waals surface area contributed by atoms with Gasteiger partial charge in [0.1, 0.15) is 0 Å². The van der Waals surface area contributed by atoms with Gasteiger partial charge in [0.2, 0.25) is 0 Å². The van der Waals surface area contributed by atoms with E-state index in [1.54, 1.807) is 0 Å². The van der Waals surface area contributed by atoms with Crippen molar-refractivity contribution >= 4 is 34.4 Å². The minimum Gasteiger partial charge on any atom is -0.248 e. The Balaban J connectivity index is 2.24. The highest BCUT2D eigenvalue weighted by Gasteiger charge is 2.10. The van der Waals surface area contributed by atoms with Gasteiger partial charge in [0, 0.05) is 21.2 Å². The van der Waals surface area contributed by atoms with Gasteiger partial charge in [0.05, 0.1) is 11.0 Å². The monoisotopic (exact) mass is 287 g/mol. The summed E-state index contributed by atoms with van der Waals surface area (Å²) in [5, 5.41) is 2.32. The summed E-state index contributed by atoms with van der Waals surface area (Å²) in [7, 11) is 0. The first kappa shape index (κ1) is 12.4. The molecule has 0 aliphatic rings. The Labute approximate surface area is 128 Å². The molecule has 21 heavy (non-hydrogen) atoms. The molecule has 2 heteroatoms. The van der Waals surface area contributed by atoms with E-state index >= 15 is 0 Å². The molecule has 4 rings (SSSR count). The molecule has 0 unspecified atom stereocenters. The molecule has 3 aromatic carbocycles. The summed E-state index contributed by atoms with van der Waals surface area (Å²) in [5.41, 5.74) is 4.47. The van der Waals surface area contributed by atoms with Crippen LogP contribution < -0.4 is 0 Å². The SMILES string of the molecule is Sc1ccc2nc3ccccc3c(-c3ccccc3)c2c1. The van der Waals surface area contributed by atoms with Crippen LogP contribution in [0.25, 0.3) is 32.9 Å². The number of aromatic nitrogens is 1. The van der Waals surface area contributed by atoms with Crippen molar-refractivity contribution in [1.82, 2.24) is 4.98 Å². The van der Waals surface area contributed by atoms with Gasteiger partial charge >= 0.3 is 0 Å². The van der Waals surface area contributed by atoms with Crippen LogP contribution in [-0.4, -0.2) is 4.98 Å². The number of hydrogen-bond donors (Lipinski definition) is 1. The maximum Gasteiger partial charge on any atom is 0.0716 e. The van der Waals surface area contributed by atoms with Gasteiger partial charge in [-0.2, -0.15) is 0 Å². The molecule has 0 N–H and O–H groups in total. The Morgan fingerprint density at radius 3 is 2.24 bits per heavy atom. The van der Waals surface area contributed by atoms with Crippen LogP contribution in [0.4, 0.5) is 0 Å². The van der Waals surface area contributed by atoms with E-state index in [-0.39, 0.29) is 0 Å². The topological polar surface area (TPSA) is 12.9 Å². The number of nitrogens with zero attached hydrogens (tertiary/aromatic N) is 1. The smallest absolute Gasteiger partial charge is 0.0716 e. The van der Waals surface area contributed by atoms with Crippen molar-refractivity contribution in [1.29, 1.82) is 0 Å². The summed E-state index contributed by atoms with van der Waals surface area (Å²) in [6.45, 7) is 0. The van der Waals surface area contributed by atoms with Gasteiger partial charge in [-0.25, -0.2) is 4.98 Å². The largest absolute Gasteiger partial charge is 0.248 e. The molecule has 0 saturated heterocycles. The lowest BCUT2D eigenvalue weighted by Crippen LogP contribution is -1.89. The van der Waals surface area contributed by atoms with Crippen LogP contribution in [0.15, 0.2) is 77.7 Å². The number of thiol groups is 1. The van der Waals surface area contributed by atoms with E-state index in [2.05, 4.69) is 61.2 Å². The molecule has 0 aliphatic heterocycles. The predicted molar refractivity (Wildman–Crippen MR) is 91.9 cm³/mol. The van der Waals surface area contributed by atoms with Crippen molar-refractivity contribution in [2.75, 3.05) is 0 Å². The molecule has 0 fully saturated rings. The summed E-state index contributed by atoms with van der Waals surface area (Å²) in [4.78, 5) is 5.73. The fourth-order valence-electron chi connectivity index (χ4n) is 2.79. The number of fused-ring (bicyclic) bond motifs is 2. The van der Waals surface area contributed by atoms with E-state index in [9.17, 15) is 0 Å². The van der Waals surface area contributed by atoms with Gasteiger partial charge in [-0.1, -0.05) is 48.5 Å². The van der Waals surface area contributed by atoms with Crippen molar-refractivity contribution in [3.05, 3.63) is 72.8 Å². The standard InChI is InChI=1S/C19H13NS/c21-14-10-11-18-16(12-14)19(13-6-2-1-3-7-13)15-8-4-5-9-17(15)20-18/h1-12,21H. The van der Waals surface area contributed by atoms with E-state index in [1.165, 1.54) is 16.5 Å². The summed E-state index contributed by atoms with van der Waals surface area (Å²) >= 11 is 4.49. The van der Waals surface area contributed by atoms with Crippen LogP contribution in [0.1, 0.15) is 0 Å². The first-order valence-electron chi connectivity index (χ1n) is 6.90. The molecule has 1 nitrogen and oxygen atoms in total. The normalized spacial score (nSPS) is 11.1. The van der Waals surface area contributed by atoms with Crippen LogP contribution in [-0.2, 0) is 0 Å².